The molecule has 1 aromatic carbocycles. The van der Waals surface area contributed by atoms with Crippen molar-refractivity contribution in [1.82, 2.24) is 9.29 Å². The number of nitrogens with one attached hydrogen (secondary N) is 1. The van der Waals surface area contributed by atoms with Gasteiger partial charge in [-0.1, -0.05) is 24.7 Å². The number of carbonyl (C=O) groups excluding carboxylic acids is 1. The quantitative estimate of drug-likeness (QED) is 0.876. The second-order valence-electron chi connectivity index (χ2n) is 5.09. The van der Waals surface area contributed by atoms with E-state index >= 15 is 0 Å². The summed E-state index contributed by atoms with van der Waals surface area (Å²) in [6.07, 6.45) is 2.26. The summed E-state index contributed by atoms with van der Waals surface area (Å²) < 4.78 is 26.1. The Bertz CT molecular complexity index is 782. The highest BCUT2D eigenvalue weighted by Gasteiger charge is 2.18. The van der Waals surface area contributed by atoms with Crippen LogP contribution in [0.2, 0.25) is 0 Å². The Kier molecular flexibility index (Phi) is 5.15. The van der Waals surface area contributed by atoms with Crippen LogP contribution in [0.5, 0.6) is 0 Å². The molecule has 2 rings (SSSR count). The molecule has 6 nitrogen and oxygen atoms in total. The van der Waals surface area contributed by atoms with E-state index in [4.69, 9.17) is 0 Å². The molecule has 1 amide bonds. The van der Waals surface area contributed by atoms with Gasteiger partial charge in [0.15, 0.2) is 5.13 Å². The number of thiazole rings is 1. The molecule has 0 aliphatic rings. The van der Waals surface area contributed by atoms with Crippen molar-refractivity contribution in [2.24, 2.45) is 0 Å². The van der Waals surface area contributed by atoms with Gasteiger partial charge in [0.05, 0.1) is 15.1 Å². The van der Waals surface area contributed by atoms with E-state index in [9.17, 15) is 13.2 Å². The van der Waals surface area contributed by atoms with Crippen LogP contribution in [0, 0.1) is 0 Å². The number of rotatable bonds is 6. The molecule has 2 aromatic rings. The Balaban J connectivity index is 2.26. The third-order valence-corrected chi connectivity index (χ3v) is 5.89. The first-order chi connectivity index (χ1) is 10.3. The van der Waals surface area contributed by atoms with Gasteiger partial charge in [0.2, 0.25) is 15.9 Å². The van der Waals surface area contributed by atoms with E-state index in [-0.39, 0.29) is 10.8 Å². The molecule has 0 saturated heterocycles. The standard InChI is InChI=1S/C14H19N3O3S2/c1-4-5-6-13(18)16-14-15-11-8-7-10(9-12(11)21-14)22(19,20)17(2)3/h7-9H,4-6H2,1-3H3,(H,15,16,18). The molecule has 0 radical (unpaired) electrons. The minimum atomic E-state index is -3.47. The molecule has 1 N–H and O–H groups in total. The maximum atomic E-state index is 12.1. The van der Waals surface area contributed by atoms with E-state index in [1.807, 2.05) is 6.92 Å². The van der Waals surface area contributed by atoms with Crippen LogP contribution in [-0.2, 0) is 14.8 Å². The molecule has 0 aliphatic heterocycles. The van der Waals surface area contributed by atoms with Crippen LogP contribution in [0.4, 0.5) is 5.13 Å². The molecule has 0 bridgehead atoms. The van der Waals surface area contributed by atoms with Crippen LogP contribution in [0.15, 0.2) is 23.1 Å². The lowest BCUT2D eigenvalue weighted by molar-refractivity contribution is -0.116. The Morgan fingerprint density at radius 3 is 2.73 bits per heavy atom. The predicted molar refractivity (Wildman–Crippen MR) is 88.6 cm³/mol. The second-order valence-corrected chi connectivity index (χ2v) is 8.27. The van der Waals surface area contributed by atoms with Crippen LogP contribution < -0.4 is 5.32 Å². The number of fused-ring (bicyclic) bond motifs is 1. The Morgan fingerprint density at radius 1 is 1.36 bits per heavy atom. The van der Waals surface area contributed by atoms with Crippen molar-refractivity contribution in [1.29, 1.82) is 0 Å². The summed E-state index contributed by atoms with van der Waals surface area (Å²) in [7, 11) is -0.486. The number of unbranched alkanes of at least 4 members (excludes halogenated alkanes) is 1. The number of sulfonamides is 1. The van der Waals surface area contributed by atoms with Crippen molar-refractivity contribution in [3.8, 4) is 0 Å². The van der Waals surface area contributed by atoms with Gasteiger partial charge in [0.25, 0.3) is 0 Å². The van der Waals surface area contributed by atoms with E-state index in [1.165, 1.54) is 35.8 Å². The first kappa shape index (κ1) is 16.9. The molecule has 0 saturated carbocycles. The molecular formula is C14H19N3O3S2. The number of benzene rings is 1. The van der Waals surface area contributed by atoms with Gasteiger partial charge in [-0.05, 0) is 24.6 Å². The summed E-state index contributed by atoms with van der Waals surface area (Å²) in [6.45, 7) is 2.03. The Labute approximate surface area is 134 Å². The molecule has 0 aliphatic carbocycles. The van der Waals surface area contributed by atoms with Gasteiger partial charge in [-0.2, -0.15) is 0 Å². The van der Waals surface area contributed by atoms with Gasteiger partial charge < -0.3 is 5.32 Å². The van der Waals surface area contributed by atoms with Crippen molar-refractivity contribution >= 4 is 42.6 Å². The van der Waals surface area contributed by atoms with Crippen LogP contribution in [0.25, 0.3) is 10.2 Å². The van der Waals surface area contributed by atoms with Gasteiger partial charge in [0.1, 0.15) is 0 Å². The van der Waals surface area contributed by atoms with Crippen molar-refractivity contribution < 1.29 is 13.2 Å². The largest absolute Gasteiger partial charge is 0.302 e. The Morgan fingerprint density at radius 2 is 2.09 bits per heavy atom. The van der Waals surface area contributed by atoms with Crippen LogP contribution >= 0.6 is 11.3 Å². The summed E-state index contributed by atoms with van der Waals surface area (Å²) in [6, 6.07) is 4.77. The van der Waals surface area contributed by atoms with Crippen LogP contribution in [-0.4, -0.2) is 37.7 Å². The molecule has 1 heterocycles. The monoisotopic (exact) mass is 341 g/mol. The number of carbonyl (C=O) groups is 1. The Hall–Kier alpha value is -1.51. The number of amides is 1. The number of nitrogens with zero attached hydrogens (tertiary/aromatic N) is 2. The lowest BCUT2D eigenvalue weighted by Gasteiger charge is -2.10. The summed E-state index contributed by atoms with van der Waals surface area (Å²) in [5.41, 5.74) is 0.675. The highest BCUT2D eigenvalue weighted by atomic mass is 32.2. The van der Waals surface area contributed by atoms with E-state index in [0.717, 1.165) is 17.5 Å². The molecule has 1 aromatic heterocycles. The third kappa shape index (κ3) is 3.63. The normalized spacial score (nSPS) is 12.0. The maximum Gasteiger partial charge on any atom is 0.242 e. The summed E-state index contributed by atoms with van der Waals surface area (Å²) >= 11 is 1.28. The first-order valence-electron chi connectivity index (χ1n) is 6.97. The topological polar surface area (TPSA) is 79.4 Å². The van der Waals surface area contributed by atoms with Crippen molar-refractivity contribution in [2.75, 3.05) is 19.4 Å². The molecule has 120 valence electrons. The maximum absolute atomic E-state index is 12.1. The zero-order valence-corrected chi connectivity index (χ0v) is 14.4. The van der Waals surface area contributed by atoms with Gasteiger partial charge in [-0.25, -0.2) is 17.7 Å². The van der Waals surface area contributed by atoms with Gasteiger partial charge in [-0.15, -0.1) is 0 Å². The molecule has 22 heavy (non-hydrogen) atoms. The summed E-state index contributed by atoms with van der Waals surface area (Å²) in [5, 5.41) is 3.25. The summed E-state index contributed by atoms with van der Waals surface area (Å²) in [4.78, 5) is 16.2. The average Bonchev–Trinajstić information content (AvgIpc) is 2.85. The fourth-order valence-corrected chi connectivity index (χ4v) is 3.77. The number of aromatic nitrogens is 1. The highest BCUT2D eigenvalue weighted by Crippen LogP contribution is 2.28. The molecular weight excluding hydrogens is 322 g/mol. The van der Waals surface area contributed by atoms with Gasteiger partial charge in [-0.3, -0.25) is 4.79 Å². The lowest BCUT2D eigenvalue weighted by Crippen LogP contribution is -2.22. The zero-order chi connectivity index (χ0) is 16.3. The van der Waals surface area contributed by atoms with Crippen molar-refractivity contribution in [3.05, 3.63) is 18.2 Å². The van der Waals surface area contributed by atoms with E-state index in [0.29, 0.717) is 17.1 Å². The predicted octanol–water partition coefficient (Wildman–Crippen LogP) is 2.68. The second kappa shape index (κ2) is 6.72. The average molecular weight is 341 g/mol. The fraction of sp³-hybridized carbons (Fsp3) is 0.429. The third-order valence-electron chi connectivity index (χ3n) is 3.14. The SMILES string of the molecule is CCCCC(=O)Nc1nc2ccc(S(=O)(=O)N(C)C)cc2s1. The lowest BCUT2D eigenvalue weighted by atomic mass is 10.2. The molecule has 8 heteroatoms. The molecule has 0 spiro atoms. The van der Waals surface area contributed by atoms with Crippen LogP contribution in [0.1, 0.15) is 26.2 Å². The molecule has 0 unspecified atom stereocenters. The van der Waals surface area contributed by atoms with Gasteiger partial charge in [0, 0.05) is 20.5 Å². The molecule has 0 atom stereocenters. The number of hydrogen-bond donors (Lipinski definition) is 1. The first-order valence-corrected chi connectivity index (χ1v) is 9.23. The van der Waals surface area contributed by atoms with E-state index in [1.54, 1.807) is 12.1 Å². The minimum absolute atomic E-state index is 0.0676. The number of anilines is 1. The smallest absolute Gasteiger partial charge is 0.242 e. The van der Waals surface area contributed by atoms with Crippen LogP contribution in [0.3, 0.4) is 0 Å². The van der Waals surface area contributed by atoms with E-state index < -0.39 is 10.0 Å². The van der Waals surface area contributed by atoms with Crippen molar-refractivity contribution in [2.45, 2.75) is 31.1 Å². The van der Waals surface area contributed by atoms with Gasteiger partial charge >= 0.3 is 0 Å². The minimum Gasteiger partial charge on any atom is -0.302 e. The highest BCUT2D eigenvalue weighted by molar-refractivity contribution is 7.89. The molecule has 0 fully saturated rings. The zero-order valence-electron chi connectivity index (χ0n) is 12.8. The summed E-state index contributed by atoms with van der Waals surface area (Å²) in [5.74, 6) is -0.0676. The number of hydrogen-bond acceptors (Lipinski definition) is 5. The van der Waals surface area contributed by atoms with E-state index in [2.05, 4.69) is 10.3 Å². The fourth-order valence-electron chi connectivity index (χ4n) is 1.85. The van der Waals surface area contributed by atoms with Crippen molar-refractivity contribution in [3.63, 3.8) is 0 Å².